The molecule has 0 aromatic carbocycles. The normalized spacial score (nSPS) is 14.2. The fourth-order valence-corrected chi connectivity index (χ4v) is 3.43. The molecule has 1 unspecified atom stereocenters. The van der Waals surface area contributed by atoms with Crippen molar-refractivity contribution in [3.63, 3.8) is 0 Å². The zero-order valence-electron chi connectivity index (χ0n) is 9.87. The first-order chi connectivity index (χ1) is 7.02. The summed E-state index contributed by atoms with van der Waals surface area (Å²) >= 11 is 10.9. The second-order valence-electron chi connectivity index (χ2n) is 4.20. The predicted octanol–water partition coefficient (Wildman–Crippen LogP) is 6.60. The average Bonchev–Trinajstić information content (AvgIpc) is 2.15. The minimum absolute atomic E-state index is 0.0504. The molecule has 0 spiro atoms. The van der Waals surface area contributed by atoms with Crippen molar-refractivity contribution in [3.05, 3.63) is 0 Å². The number of hydrogen-bond acceptors (Lipinski definition) is 0. The van der Waals surface area contributed by atoms with Crippen molar-refractivity contribution in [1.29, 1.82) is 0 Å². The van der Waals surface area contributed by atoms with Crippen molar-refractivity contribution in [2.75, 3.05) is 0 Å². The highest BCUT2D eigenvalue weighted by Gasteiger charge is 2.28. The van der Waals surface area contributed by atoms with Gasteiger partial charge in [-0.1, -0.05) is 107 Å². The molecule has 92 valence electrons. The lowest BCUT2D eigenvalue weighted by Crippen LogP contribution is -2.16. The summed E-state index contributed by atoms with van der Waals surface area (Å²) in [6.07, 6.45) is 10.8. The summed E-state index contributed by atoms with van der Waals surface area (Å²) in [6.45, 7) is 4.52. The van der Waals surface area contributed by atoms with Crippen LogP contribution in [0.2, 0.25) is 0 Å². The first kappa shape index (κ1) is 16.4. The highest BCUT2D eigenvalue weighted by Crippen LogP contribution is 2.44. The van der Waals surface area contributed by atoms with Gasteiger partial charge in [0.25, 0.3) is 0 Å². The van der Waals surface area contributed by atoms with Crippen LogP contribution in [0.3, 0.4) is 0 Å². The van der Waals surface area contributed by atoms with Crippen LogP contribution in [0.15, 0.2) is 0 Å². The van der Waals surface area contributed by atoms with E-state index in [9.17, 15) is 0 Å². The summed E-state index contributed by atoms with van der Waals surface area (Å²) < 4.78 is -0.0504. The minimum atomic E-state index is -0.0504. The molecule has 1 atom stereocenters. The lowest BCUT2D eigenvalue weighted by atomic mass is 10.00. The van der Waals surface area contributed by atoms with E-state index in [-0.39, 0.29) is 2.14 Å². The van der Waals surface area contributed by atoms with Gasteiger partial charge in [-0.25, -0.2) is 0 Å². The van der Waals surface area contributed by atoms with Crippen molar-refractivity contribution < 1.29 is 0 Å². The zero-order chi connectivity index (χ0) is 11.7. The van der Waals surface area contributed by atoms with E-state index in [1.54, 1.807) is 0 Å². The smallest absolute Gasteiger partial charge is 0.0654 e. The van der Waals surface area contributed by atoms with E-state index in [0.717, 1.165) is 0 Å². The molecule has 0 heterocycles. The van der Waals surface area contributed by atoms with Gasteiger partial charge in [0.1, 0.15) is 2.14 Å². The van der Waals surface area contributed by atoms with E-state index in [1.807, 2.05) is 0 Å². The Labute approximate surface area is 120 Å². The fraction of sp³-hybridized carbons (Fsp3) is 1.00. The molecule has 15 heavy (non-hydrogen) atoms. The van der Waals surface area contributed by atoms with Crippen LogP contribution in [-0.4, -0.2) is 2.14 Å². The van der Waals surface area contributed by atoms with Gasteiger partial charge in [0.15, 0.2) is 0 Å². The summed E-state index contributed by atoms with van der Waals surface area (Å²) in [5.74, 6) is 0.670. The number of halogens is 3. The summed E-state index contributed by atoms with van der Waals surface area (Å²) in [5, 5.41) is 0. The van der Waals surface area contributed by atoms with Gasteiger partial charge in [-0.2, -0.15) is 0 Å². The molecule has 0 aliphatic carbocycles. The molecule has 0 radical (unpaired) electrons. The summed E-state index contributed by atoms with van der Waals surface area (Å²) in [4.78, 5) is 0. The Morgan fingerprint density at radius 3 is 1.87 bits per heavy atom. The SMILES string of the molecule is CCCCCCCCC(CC)C(Br)(Br)Br. The van der Waals surface area contributed by atoms with Gasteiger partial charge in [-0.3, -0.25) is 0 Å². The minimum Gasteiger partial charge on any atom is -0.0654 e. The van der Waals surface area contributed by atoms with E-state index in [1.165, 1.54) is 51.4 Å². The van der Waals surface area contributed by atoms with Gasteiger partial charge in [0.05, 0.1) is 0 Å². The van der Waals surface area contributed by atoms with Gasteiger partial charge >= 0.3 is 0 Å². The quantitative estimate of drug-likeness (QED) is 0.314. The van der Waals surface area contributed by atoms with Crippen molar-refractivity contribution in [3.8, 4) is 0 Å². The Kier molecular flexibility index (Phi) is 10.4. The van der Waals surface area contributed by atoms with Crippen LogP contribution in [0.1, 0.15) is 65.2 Å². The maximum atomic E-state index is 3.63. The monoisotopic (exact) mass is 404 g/mol. The average molecular weight is 407 g/mol. The molecule has 0 aliphatic rings. The highest BCUT2D eigenvalue weighted by molar-refractivity contribution is 9.39. The third-order valence-corrected chi connectivity index (χ3v) is 4.80. The number of unbranched alkanes of at least 4 members (excludes halogenated alkanes) is 5. The molecular formula is C12H23Br3. The van der Waals surface area contributed by atoms with Crippen LogP contribution in [0.25, 0.3) is 0 Å². The number of hydrogen-bond donors (Lipinski definition) is 0. The van der Waals surface area contributed by atoms with E-state index >= 15 is 0 Å². The number of rotatable bonds is 8. The third kappa shape index (κ3) is 9.17. The molecule has 0 aliphatic heterocycles. The second kappa shape index (κ2) is 9.47. The number of alkyl halides is 3. The predicted molar refractivity (Wildman–Crippen MR) is 81.3 cm³/mol. The van der Waals surface area contributed by atoms with Crippen LogP contribution in [0, 0.1) is 5.92 Å². The molecule has 0 aromatic rings. The van der Waals surface area contributed by atoms with E-state index in [4.69, 9.17) is 0 Å². The lowest BCUT2D eigenvalue weighted by Gasteiger charge is -2.24. The topological polar surface area (TPSA) is 0 Å². The maximum Gasteiger partial charge on any atom is 0.137 e. The van der Waals surface area contributed by atoms with Crippen molar-refractivity contribution in [2.45, 2.75) is 67.4 Å². The molecule has 0 saturated heterocycles. The van der Waals surface area contributed by atoms with Crippen molar-refractivity contribution in [2.24, 2.45) is 5.92 Å². The lowest BCUT2D eigenvalue weighted by molar-refractivity contribution is 0.462. The molecule has 0 nitrogen and oxygen atoms in total. The van der Waals surface area contributed by atoms with Gasteiger partial charge in [-0.05, 0) is 12.3 Å². The Hall–Kier alpha value is 1.44. The Bertz CT molecular complexity index is 140. The second-order valence-corrected chi connectivity index (χ2v) is 11.1. The van der Waals surface area contributed by atoms with Gasteiger partial charge in [-0.15, -0.1) is 0 Å². The zero-order valence-corrected chi connectivity index (χ0v) is 14.6. The molecule has 0 N–H and O–H groups in total. The molecule has 0 bridgehead atoms. The fourth-order valence-electron chi connectivity index (χ4n) is 1.77. The molecular weight excluding hydrogens is 384 g/mol. The Morgan fingerprint density at radius 1 is 0.867 bits per heavy atom. The van der Waals surface area contributed by atoms with E-state index < -0.39 is 0 Å². The third-order valence-electron chi connectivity index (χ3n) is 2.86. The molecule has 0 amide bonds. The van der Waals surface area contributed by atoms with Gasteiger partial charge in [0.2, 0.25) is 0 Å². The van der Waals surface area contributed by atoms with Crippen LogP contribution in [0.4, 0.5) is 0 Å². The summed E-state index contributed by atoms with van der Waals surface area (Å²) in [6, 6.07) is 0. The van der Waals surface area contributed by atoms with E-state index in [2.05, 4.69) is 61.6 Å². The first-order valence-electron chi connectivity index (χ1n) is 6.09. The Morgan fingerprint density at radius 2 is 1.40 bits per heavy atom. The highest BCUT2D eigenvalue weighted by atomic mass is 80.0. The largest absolute Gasteiger partial charge is 0.137 e. The first-order valence-corrected chi connectivity index (χ1v) is 8.47. The van der Waals surface area contributed by atoms with Crippen LogP contribution >= 0.6 is 47.8 Å². The standard InChI is InChI=1S/C12H23Br3/c1-3-5-6-7-8-9-10-11(4-2)12(13,14)15/h11H,3-10H2,1-2H3. The van der Waals surface area contributed by atoms with E-state index in [0.29, 0.717) is 5.92 Å². The molecule has 0 rings (SSSR count). The van der Waals surface area contributed by atoms with Gasteiger partial charge in [0, 0.05) is 0 Å². The van der Waals surface area contributed by atoms with Crippen LogP contribution in [0.5, 0.6) is 0 Å². The molecule has 0 saturated carbocycles. The van der Waals surface area contributed by atoms with Crippen LogP contribution in [-0.2, 0) is 0 Å². The summed E-state index contributed by atoms with van der Waals surface area (Å²) in [7, 11) is 0. The van der Waals surface area contributed by atoms with Crippen molar-refractivity contribution in [1.82, 2.24) is 0 Å². The maximum absolute atomic E-state index is 3.63. The van der Waals surface area contributed by atoms with Crippen LogP contribution < -0.4 is 0 Å². The Balaban J connectivity index is 3.48. The van der Waals surface area contributed by atoms with Crippen molar-refractivity contribution >= 4 is 47.8 Å². The molecule has 0 aromatic heterocycles. The molecule has 0 fully saturated rings. The summed E-state index contributed by atoms with van der Waals surface area (Å²) in [5.41, 5.74) is 0. The van der Waals surface area contributed by atoms with Gasteiger partial charge < -0.3 is 0 Å². The molecule has 3 heteroatoms.